The van der Waals surface area contributed by atoms with Gasteiger partial charge in [-0.15, -0.1) is 0 Å². The Balaban J connectivity index is 1.91. The fraction of sp³-hybridized carbons (Fsp3) is 0.778. The molecular weight excluding hydrogens is 452 g/mol. The van der Waals surface area contributed by atoms with Crippen molar-refractivity contribution in [2.24, 2.45) is 29.1 Å². The van der Waals surface area contributed by atoms with E-state index in [1.54, 1.807) is 13.8 Å². The van der Waals surface area contributed by atoms with Crippen molar-refractivity contribution >= 4 is 23.7 Å². The fourth-order valence-electron chi connectivity index (χ4n) is 6.83. The van der Waals surface area contributed by atoms with Crippen molar-refractivity contribution in [3.05, 3.63) is 11.6 Å². The Morgan fingerprint density at radius 1 is 1.14 bits per heavy atom. The van der Waals surface area contributed by atoms with Crippen LogP contribution in [0.15, 0.2) is 11.6 Å². The van der Waals surface area contributed by atoms with Crippen molar-refractivity contribution in [2.45, 2.75) is 97.6 Å². The molecule has 4 aliphatic rings. The van der Waals surface area contributed by atoms with Crippen LogP contribution in [0.2, 0.25) is 0 Å². The number of ketones is 1. The molecule has 1 heterocycles. The lowest BCUT2D eigenvalue weighted by atomic mass is 9.74. The maximum Gasteiger partial charge on any atom is 0.305 e. The van der Waals surface area contributed by atoms with E-state index in [1.807, 2.05) is 13.0 Å². The summed E-state index contributed by atoms with van der Waals surface area (Å²) in [5.41, 5.74) is -1.91. The van der Waals surface area contributed by atoms with Gasteiger partial charge in [-0.3, -0.25) is 19.2 Å². The molecule has 3 fully saturated rings. The van der Waals surface area contributed by atoms with E-state index in [0.29, 0.717) is 24.5 Å². The predicted octanol–water partition coefficient (Wildman–Crippen LogP) is 3.55. The molecule has 0 aromatic heterocycles. The zero-order valence-corrected chi connectivity index (χ0v) is 21.8. The van der Waals surface area contributed by atoms with Crippen LogP contribution in [0.1, 0.15) is 74.1 Å². The second-order valence-corrected chi connectivity index (χ2v) is 11.6. The van der Waals surface area contributed by atoms with Crippen molar-refractivity contribution in [1.82, 2.24) is 0 Å². The molecule has 35 heavy (non-hydrogen) atoms. The molecule has 194 valence electrons. The van der Waals surface area contributed by atoms with E-state index in [0.717, 1.165) is 6.42 Å². The van der Waals surface area contributed by atoms with Crippen molar-refractivity contribution in [1.29, 1.82) is 0 Å². The lowest BCUT2D eigenvalue weighted by Gasteiger charge is -2.41. The zero-order chi connectivity index (χ0) is 25.9. The van der Waals surface area contributed by atoms with E-state index in [1.165, 1.54) is 13.8 Å². The molecule has 8 unspecified atom stereocenters. The van der Waals surface area contributed by atoms with Gasteiger partial charge in [-0.05, 0) is 48.5 Å². The molecule has 3 aliphatic carbocycles. The molecule has 1 spiro atoms. The van der Waals surface area contributed by atoms with Crippen LogP contribution >= 0.6 is 0 Å². The molecule has 8 atom stereocenters. The second kappa shape index (κ2) is 8.71. The smallest absolute Gasteiger partial charge is 0.305 e. The highest BCUT2D eigenvalue weighted by molar-refractivity contribution is 6.03. The second-order valence-electron chi connectivity index (χ2n) is 11.6. The molecule has 0 aromatic rings. The number of allylic oxidation sites excluding steroid dienone is 1. The third-order valence-electron chi connectivity index (χ3n) is 8.80. The Morgan fingerprint density at radius 2 is 1.80 bits per heavy atom. The number of Topliss-reactive ketones (excluding diaryl/α,β-unsaturated/α-hetero) is 1. The number of epoxide rings is 1. The van der Waals surface area contributed by atoms with E-state index in [9.17, 15) is 19.2 Å². The predicted molar refractivity (Wildman–Crippen MR) is 125 cm³/mol. The molecule has 0 radical (unpaired) electrons. The molecule has 4 rings (SSSR count). The van der Waals surface area contributed by atoms with E-state index in [-0.39, 0.29) is 35.9 Å². The van der Waals surface area contributed by atoms with Gasteiger partial charge in [-0.1, -0.05) is 33.8 Å². The van der Waals surface area contributed by atoms with Crippen molar-refractivity contribution in [3.8, 4) is 0 Å². The van der Waals surface area contributed by atoms with Gasteiger partial charge in [0.1, 0.15) is 17.8 Å². The van der Waals surface area contributed by atoms with Crippen molar-refractivity contribution in [3.63, 3.8) is 0 Å². The molecular formula is C27H38O8. The third kappa shape index (κ3) is 4.32. The maximum absolute atomic E-state index is 14.2. The summed E-state index contributed by atoms with van der Waals surface area (Å²) in [7, 11) is 0. The largest absolute Gasteiger partial charge is 0.461 e. The highest BCUT2D eigenvalue weighted by Crippen LogP contribution is 2.64. The average molecular weight is 491 g/mol. The SMILES string of the molecule is CCC(=O)OC1C(C)CC2(OC(C)=O)C(=O)C(C)=CC3C(CCC4(CO4)C(OC(C)=O)C12)C3(C)C. The Hall–Kier alpha value is -2.22. The first kappa shape index (κ1) is 25.9. The number of esters is 3. The van der Waals surface area contributed by atoms with Crippen molar-refractivity contribution in [2.75, 3.05) is 6.61 Å². The quantitative estimate of drug-likeness (QED) is 0.334. The number of ether oxygens (including phenoxy) is 4. The molecule has 0 N–H and O–H groups in total. The van der Waals surface area contributed by atoms with Crippen LogP contribution in [0.25, 0.3) is 0 Å². The number of carbonyl (C=O) groups is 4. The average Bonchev–Trinajstić information content (AvgIpc) is 3.62. The van der Waals surface area contributed by atoms with Gasteiger partial charge in [-0.25, -0.2) is 0 Å². The van der Waals surface area contributed by atoms with Gasteiger partial charge in [0.2, 0.25) is 5.78 Å². The van der Waals surface area contributed by atoms with Crippen LogP contribution < -0.4 is 0 Å². The van der Waals surface area contributed by atoms with Crippen LogP contribution in [0.5, 0.6) is 0 Å². The number of rotatable bonds is 4. The van der Waals surface area contributed by atoms with Crippen LogP contribution in [-0.2, 0) is 38.1 Å². The summed E-state index contributed by atoms with van der Waals surface area (Å²) in [5, 5.41) is 0. The van der Waals surface area contributed by atoms with Gasteiger partial charge in [0.05, 0.1) is 12.5 Å². The standard InChI is InChI=1S/C27H38O8/c1-8-20(30)34-22-15(3)12-27(35-17(5)29)21(22)24(33-16(4)28)26(13-32-26)10-9-18-19(25(18,6)7)11-14(2)23(27)31/h11,15,18-19,21-22,24H,8-10,12-13H2,1-7H3. The molecule has 0 amide bonds. The molecule has 0 aromatic carbocycles. The molecule has 0 bridgehead atoms. The highest BCUT2D eigenvalue weighted by Gasteiger charge is 2.71. The number of carbonyl (C=O) groups excluding carboxylic acids is 4. The summed E-state index contributed by atoms with van der Waals surface area (Å²) in [6, 6.07) is 0. The number of hydrogen-bond acceptors (Lipinski definition) is 8. The van der Waals surface area contributed by atoms with E-state index in [2.05, 4.69) is 13.8 Å². The van der Waals surface area contributed by atoms with E-state index >= 15 is 0 Å². The number of fused-ring (bicyclic) bond motifs is 2. The summed E-state index contributed by atoms with van der Waals surface area (Å²) < 4.78 is 23.7. The Kier molecular flexibility index (Phi) is 6.44. The van der Waals surface area contributed by atoms with Crippen LogP contribution in [0.3, 0.4) is 0 Å². The highest BCUT2D eigenvalue weighted by atomic mass is 16.6. The summed E-state index contributed by atoms with van der Waals surface area (Å²) in [6.07, 6.45) is 2.11. The minimum atomic E-state index is -1.64. The molecule has 8 nitrogen and oxygen atoms in total. The minimum absolute atomic E-state index is 0.0317. The normalized spacial score (nSPS) is 41.6. The van der Waals surface area contributed by atoms with Gasteiger partial charge in [0.15, 0.2) is 5.60 Å². The van der Waals surface area contributed by atoms with Gasteiger partial charge in [-0.2, -0.15) is 0 Å². The Bertz CT molecular complexity index is 960. The van der Waals surface area contributed by atoms with Crippen LogP contribution in [-0.4, -0.2) is 53.7 Å². The first-order valence-corrected chi connectivity index (χ1v) is 12.7. The van der Waals surface area contributed by atoms with Gasteiger partial charge in [0.25, 0.3) is 0 Å². The van der Waals surface area contributed by atoms with Crippen LogP contribution in [0.4, 0.5) is 0 Å². The molecule has 1 aliphatic heterocycles. The van der Waals surface area contributed by atoms with E-state index < -0.39 is 47.2 Å². The first-order valence-electron chi connectivity index (χ1n) is 12.7. The first-order chi connectivity index (χ1) is 16.3. The van der Waals surface area contributed by atoms with Crippen molar-refractivity contribution < 1.29 is 38.1 Å². The Labute approximate surface area is 207 Å². The lowest BCUT2D eigenvalue weighted by Crippen LogP contribution is -2.58. The lowest BCUT2D eigenvalue weighted by molar-refractivity contribution is -0.190. The van der Waals surface area contributed by atoms with Gasteiger partial charge < -0.3 is 18.9 Å². The summed E-state index contributed by atoms with van der Waals surface area (Å²) in [6.45, 7) is 12.6. The molecule has 1 saturated heterocycles. The number of hydrogen-bond donors (Lipinski definition) is 0. The maximum atomic E-state index is 14.2. The zero-order valence-electron chi connectivity index (χ0n) is 21.8. The summed E-state index contributed by atoms with van der Waals surface area (Å²) in [5.74, 6) is -2.51. The Morgan fingerprint density at radius 3 is 2.34 bits per heavy atom. The van der Waals surface area contributed by atoms with Crippen LogP contribution in [0, 0.1) is 29.1 Å². The summed E-state index contributed by atoms with van der Waals surface area (Å²) in [4.78, 5) is 51.5. The monoisotopic (exact) mass is 490 g/mol. The third-order valence-corrected chi connectivity index (χ3v) is 8.80. The van der Waals surface area contributed by atoms with E-state index in [4.69, 9.17) is 18.9 Å². The summed E-state index contributed by atoms with van der Waals surface area (Å²) >= 11 is 0. The molecule has 2 saturated carbocycles. The van der Waals surface area contributed by atoms with Gasteiger partial charge in [0, 0.05) is 26.7 Å². The minimum Gasteiger partial charge on any atom is -0.461 e. The van der Waals surface area contributed by atoms with Gasteiger partial charge >= 0.3 is 17.9 Å². The topological polar surface area (TPSA) is 108 Å². The molecule has 8 heteroatoms. The fourth-order valence-corrected chi connectivity index (χ4v) is 6.83.